The normalized spacial score (nSPS) is 16.9. The molecule has 0 spiro atoms. The highest BCUT2D eigenvalue weighted by Crippen LogP contribution is 2.44. The van der Waals surface area contributed by atoms with Gasteiger partial charge >= 0.3 is 11.9 Å². The second-order valence-electron chi connectivity index (χ2n) is 14.5. The first-order chi connectivity index (χ1) is 24.9. The number of ether oxygens (including phenoxy) is 4. The summed E-state index contributed by atoms with van der Waals surface area (Å²) in [7, 11) is 9.46. The number of rotatable bonds is 16. The van der Waals surface area contributed by atoms with Gasteiger partial charge in [0, 0.05) is 60.1 Å². The molecule has 0 heterocycles. The molecule has 0 saturated heterocycles. The lowest BCUT2D eigenvalue weighted by molar-refractivity contribution is -0.156. The molecule has 2 aromatic rings. The molecular weight excluding hydrogens is 662 g/mol. The van der Waals surface area contributed by atoms with Crippen molar-refractivity contribution < 1.29 is 38.1 Å². The smallest absolute Gasteiger partial charge is 0.328 e. The molecule has 0 aromatic heterocycles. The number of nitrogens with zero attached hydrogens (tertiary/aromatic N) is 2. The number of carbonyl (C=O) groups is 4. The summed E-state index contributed by atoms with van der Waals surface area (Å²) in [4.78, 5) is 54.7. The van der Waals surface area contributed by atoms with Gasteiger partial charge in [-0.25, -0.2) is 9.59 Å². The van der Waals surface area contributed by atoms with E-state index in [-0.39, 0.29) is 17.8 Å². The molecule has 0 radical (unpaired) electrons. The van der Waals surface area contributed by atoms with Crippen LogP contribution in [0.25, 0.3) is 0 Å². The SMILES string of the molecule is COCCC1(C(=O)N(C)C(Cc2ccc(C)cc2)C(=O)OC)CCCC1.COCCC1(C(=O)N(C)C(Cc2ccc(N)cc2)C(=O)OC)CCCC1. The fourth-order valence-electron chi connectivity index (χ4n) is 7.72. The summed E-state index contributed by atoms with van der Waals surface area (Å²) in [5.74, 6) is -0.730. The van der Waals surface area contributed by atoms with Crippen molar-refractivity contribution in [2.45, 2.75) is 96.1 Å². The van der Waals surface area contributed by atoms with Gasteiger partial charge in [-0.3, -0.25) is 9.59 Å². The number of carbonyl (C=O) groups excluding carboxylic acids is 4. The van der Waals surface area contributed by atoms with Crippen LogP contribution in [0.4, 0.5) is 5.69 Å². The number of nitrogen functional groups attached to an aromatic ring is 1. The Morgan fingerprint density at radius 1 is 0.635 bits per heavy atom. The molecule has 0 bridgehead atoms. The maximum atomic E-state index is 13.3. The average Bonchev–Trinajstić information content (AvgIpc) is 3.86. The minimum atomic E-state index is -0.656. The number of likely N-dealkylation sites (N-methyl/N-ethyl adjacent to an activating group) is 2. The number of esters is 2. The summed E-state index contributed by atoms with van der Waals surface area (Å²) in [5, 5.41) is 0. The summed E-state index contributed by atoms with van der Waals surface area (Å²) in [6, 6.07) is 14.1. The van der Waals surface area contributed by atoms with Gasteiger partial charge in [-0.2, -0.15) is 0 Å². The van der Waals surface area contributed by atoms with Crippen LogP contribution in [-0.2, 0) is 51.0 Å². The third-order valence-corrected chi connectivity index (χ3v) is 11.1. The van der Waals surface area contributed by atoms with Crippen LogP contribution in [-0.4, -0.2) is 101 Å². The van der Waals surface area contributed by atoms with E-state index in [0.717, 1.165) is 68.1 Å². The summed E-state index contributed by atoms with van der Waals surface area (Å²) in [6.07, 6.45) is 9.79. The zero-order valence-corrected chi connectivity index (χ0v) is 32.4. The van der Waals surface area contributed by atoms with Crippen molar-refractivity contribution in [1.82, 2.24) is 9.80 Å². The molecule has 0 aliphatic heterocycles. The number of aryl methyl sites for hydroxylation is 1. The van der Waals surface area contributed by atoms with Crippen LogP contribution in [0, 0.1) is 17.8 Å². The molecule has 52 heavy (non-hydrogen) atoms. The lowest BCUT2D eigenvalue weighted by atomic mass is 9.81. The number of benzene rings is 2. The Balaban J connectivity index is 0.000000280. The van der Waals surface area contributed by atoms with Gasteiger partial charge in [-0.05, 0) is 68.7 Å². The first-order valence-corrected chi connectivity index (χ1v) is 18.4. The second kappa shape index (κ2) is 20.3. The minimum absolute atomic E-state index is 0.0119. The van der Waals surface area contributed by atoms with Gasteiger partial charge in [0.15, 0.2) is 0 Å². The monoisotopic (exact) mass is 723 g/mol. The summed E-state index contributed by atoms with van der Waals surface area (Å²) in [5.41, 5.74) is 8.67. The Bertz CT molecular complexity index is 1320. The Labute approximate surface area is 310 Å². The van der Waals surface area contributed by atoms with Crippen LogP contribution in [0.2, 0.25) is 0 Å². The van der Waals surface area contributed by atoms with Crippen molar-refractivity contribution >= 4 is 29.4 Å². The number of hydrogen-bond acceptors (Lipinski definition) is 9. The van der Waals surface area contributed by atoms with Crippen molar-refractivity contribution in [3.8, 4) is 0 Å². The van der Waals surface area contributed by atoms with Crippen LogP contribution in [0.3, 0.4) is 0 Å². The average molecular weight is 724 g/mol. The van der Waals surface area contributed by atoms with E-state index in [1.165, 1.54) is 14.2 Å². The highest BCUT2D eigenvalue weighted by atomic mass is 16.5. The van der Waals surface area contributed by atoms with Gasteiger partial charge < -0.3 is 34.5 Å². The summed E-state index contributed by atoms with van der Waals surface area (Å²) >= 11 is 0. The van der Waals surface area contributed by atoms with Crippen molar-refractivity contribution in [3.63, 3.8) is 0 Å². The van der Waals surface area contributed by atoms with E-state index in [1.54, 1.807) is 50.2 Å². The first-order valence-electron chi connectivity index (χ1n) is 18.4. The van der Waals surface area contributed by atoms with Crippen molar-refractivity contribution in [2.24, 2.45) is 10.8 Å². The van der Waals surface area contributed by atoms with Crippen molar-refractivity contribution in [3.05, 3.63) is 65.2 Å². The Morgan fingerprint density at radius 2 is 0.981 bits per heavy atom. The van der Waals surface area contributed by atoms with Crippen LogP contribution in [0.5, 0.6) is 0 Å². The standard InChI is InChI=1S/C21H31NO4.C20H30N2O4/c1-16-7-9-17(10-8-16)15-18(19(23)26-4)22(2)20(24)21(13-14-25-3)11-5-6-12-21;1-22(19(24)20(12-13-25-2)10-4-5-11-20)17(18(23)26-3)14-15-6-8-16(21)9-7-15/h7-10,18H,5-6,11-15H2,1-4H3;6-9,17H,4-5,10-14,21H2,1-3H3. The van der Waals surface area contributed by atoms with E-state index in [1.807, 2.05) is 43.3 Å². The zero-order chi connectivity index (χ0) is 38.3. The third-order valence-electron chi connectivity index (χ3n) is 11.1. The number of amides is 2. The van der Waals surface area contributed by atoms with Crippen LogP contribution in [0.15, 0.2) is 48.5 Å². The van der Waals surface area contributed by atoms with Crippen molar-refractivity contribution in [2.75, 3.05) is 61.5 Å². The number of anilines is 1. The molecule has 2 atom stereocenters. The number of hydrogen-bond donors (Lipinski definition) is 1. The molecule has 2 aliphatic carbocycles. The molecule has 2 saturated carbocycles. The lowest BCUT2D eigenvalue weighted by Crippen LogP contribution is -2.50. The van der Waals surface area contributed by atoms with E-state index in [0.29, 0.717) is 44.6 Å². The minimum Gasteiger partial charge on any atom is -0.467 e. The van der Waals surface area contributed by atoms with Gasteiger partial charge in [0.1, 0.15) is 12.1 Å². The predicted molar refractivity (Wildman–Crippen MR) is 201 cm³/mol. The molecule has 11 heteroatoms. The van der Waals surface area contributed by atoms with E-state index in [9.17, 15) is 19.2 Å². The molecule has 2 N–H and O–H groups in total. The predicted octanol–water partition coefficient (Wildman–Crippen LogP) is 5.54. The zero-order valence-electron chi connectivity index (χ0n) is 32.4. The van der Waals surface area contributed by atoms with Crippen LogP contribution in [0.1, 0.15) is 80.9 Å². The molecule has 288 valence electrons. The number of nitrogens with two attached hydrogens (primary N) is 1. The fraction of sp³-hybridized carbons (Fsp3) is 0.610. The quantitative estimate of drug-likeness (QED) is 0.175. The van der Waals surface area contributed by atoms with E-state index in [2.05, 4.69) is 0 Å². The highest BCUT2D eigenvalue weighted by molar-refractivity contribution is 5.89. The van der Waals surface area contributed by atoms with Gasteiger partial charge in [-0.1, -0.05) is 67.6 Å². The van der Waals surface area contributed by atoms with Gasteiger partial charge in [0.05, 0.1) is 25.0 Å². The summed E-state index contributed by atoms with van der Waals surface area (Å²) in [6.45, 7) is 3.12. The van der Waals surface area contributed by atoms with Crippen LogP contribution >= 0.6 is 0 Å². The highest BCUT2D eigenvalue weighted by Gasteiger charge is 2.46. The lowest BCUT2D eigenvalue weighted by Gasteiger charge is -2.35. The Kier molecular flexibility index (Phi) is 16.6. The molecule has 2 amide bonds. The van der Waals surface area contributed by atoms with Gasteiger partial charge in [0.25, 0.3) is 0 Å². The summed E-state index contributed by atoms with van der Waals surface area (Å²) < 4.78 is 20.4. The molecule has 2 fully saturated rings. The third kappa shape index (κ3) is 11.0. The first kappa shape index (κ1) is 42.5. The largest absolute Gasteiger partial charge is 0.467 e. The fourth-order valence-corrected chi connectivity index (χ4v) is 7.72. The maximum Gasteiger partial charge on any atom is 0.328 e. The van der Waals surface area contributed by atoms with E-state index < -0.39 is 28.9 Å². The topological polar surface area (TPSA) is 138 Å². The Hall–Kier alpha value is -3.96. The second-order valence-corrected chi connectivity index (χ2v) is 14.5. The van der Waals surface area contributed by atoms with E-state index in [4.69, 9.17) is 24.7 Å². The molecule has 11 nitrogen and oxygen atoms in total. The molecule has 2 unspecified atom stereocenters. The molecule has 4 rings (SSSR count). The maximum absolute atomic E-state index is 13.3. The molecule has 2 aliphatic rings. The number of methoxy groups -OCH3 is 4. The molecule has 2 aromatic carbocycles. The van der Waals surface area contributed by atoms with Gasteiger partial charge in [0.2, 0.25) is 11.8 Å². The van der Waals surface area contributed by atoms with Crippen LogP contribution < -0.4 is 5.73 Å². The van der Waals surface area contributed by atoms with Gasteiger partial charge in [-0.15, -0.1) is 0 Å². The van der Waals surface area contributed by atoms with Crippen molar-refractivity contribution in [1.29, 1.82) is 0 Å². The Morgan fingerprint density at radius 3 is 1.31 bits per heavy atom. The van der Waals surface area contributed by atoms with E-state index >= 15 is 0 Å². The molecular formula is C41H61N3O8.